The molecular formula is C25H18Cl2N3NaO6S. The summed E-state index contributed by atoms with van der Waals surface area (Å²) in [5.41, 5.74) is 0.176. The maximum atomic E-state index is 13.4. The van der Waals surface area contributed by atoms with E-state index in [4.69, 9.17) is 27.9 Å². The summed E-state index contributed by atoms with van der Waals surface area (Å²) >= 11 is 12.4. The summed E-state index contributed by atoms with van der Waals surface area (Å²) in [5.74, 6) is -1.06. The van der Waals surface area contributed by atoms with Crippen LogP contribution in [0.5, 0.6) is 11.5 Å². The predicted octanol–water partition coefficient (Wildman–Crippen LogP) is 3.46. The first-order valence-electron chi connectivity index (χ1n) is 10.6. The summed E-state index contributed by atoms with van der Waals surface area (Å²) < 4.78 is 37.6. The van der Waals surface area contributed by atoms with E-state index in [1.807, 2.05) is 0 Å². The van der Waals surface area contributed by atoms with Crippen LogP contribution in [0.2, 0.25) is 10.0 Å². The molecule has 0 saturated carbocycles. The fourth-order valence-corrected chi connectivity index (χ4v) is 4.89. The van der Waals surface area contributed by atoms with E-state index in [0.717, 1.165) is 6.07 Å². The number of ether oxygens (including phenoxy) is 1. The number of benzene rings is 4. The molecule has 0 saturated heterocycles. The molecule has 0 radical (unpaired) electrons. The molecule has 0 bridgehead atoms. The van der Waals surface area contributed by atoms with Crippen LogP contribution in [0.15, 0.2) is 75.8 Å². The number of halogens is 2. The number of nitrogens with one attached hydrogen (secondary N) is 1. The van der Waals surface area contributed by atoms with E-state index in [1.165, 1.54) is 26.2 Å². The second-order valence-corrected chi connectivity index (χ2v) is 10.0. The first-order valence-corrected chi connectivity index (χ1v) is 12.8. The van der Waals surface area contributed by atoms with Gasteiger partial charge in [-0.15, -0.1) is 5.11 Å². The second kappa shape index (κ2) is 12.0. The van der Waals surface area contributed by atoms with E-state index < -0.39 is 21.8 Å². The normalized spacial score (nSPS) is 11.4. The summed E-state index contributed by atoms with van der Waals surface area (Å²) in [7, 11) is -3.05. The number of nitrogens with zero attached hydrogens (tertiary/aromatic N) is 2. The number of hydrogen-bond donors (Lipinski definition) is 2. The SMILES string of the molecule is COc1cccc(NC(=O)c2cc3ccccc3c(N=Nc3cc(C)c(S(=O)(=O)O)cc3Cl)c2[O-])c1Cl.[Na+]. The van der Waals surface area contributed by atoms with Crippen LogP contribution in [0.3, 0.4) is 0 Å². The van der Waals surface area contributed by atoms with Gasteiger partial charge in [0.2, 0.25) is 0 Å². The van der Waals surface area contributed by atoms with Gasteiger partial charge in [0.05, 0.1) is 28.4 Å². The molecule has 0 unspecified atom stereocenters. The standard InChI is InChI=1S/C25H19Cl2N3O6S.Na/c1-13-10-19(17(26)12-21(13)37(33,34)35)29-30-23-15-7-4-3-6-14(15)11-16(24(23)31)25(32)28-18-8-5-9-20(36-2)22(18)27;/h3-12,31H,1-2H3,(H,28,32)(H,33,34,35);/q;+1/p-1. The smallest absolute Gasteiger partial charge is 0.870 e. The van der Waals surface area contributed by atoms with Gasteiger partial charge >= 0.3 is 29.6 Å². The zero-order valence-corrected chi connectivity index (χ0v) is 24.6. The Kier molecular flexibility index (Phi) is 9.43. The van der Waals surface area contributed by atoms with Crippen LogP contribution in [0.25, 0.3) is 10.8 Å². The minimum Gasteiger partial charge on any atom is -0.870 e. The summed E-state index contributed by atoms with van der Waals surface area (Å²) in [4.78, 5) is 12.7. The van der Waals surface area contributed by atoms with Gasteiger partial charge in [0, 0.05) is 10.9 Å². The number of hydrogen-bond acceptors (Lipinski definition) is 7. The van der Waals surface area contributed by atoms with E-state index in [0.29, 0.717) is 16.5 Å². The van der Waals surface area contributed by atoms with Gasteiger partial charge in [-0.05, 0) is 48.2 Å². The number of methoxy groups -OCH3 is 1. The Morgan fingerprint density at radius 1 is 1.05 bits per heavy atom. The molecule has 0 aliphatic heterocycles. The van der Waals surface area contributed by atoms with E-state index in [2.05, 4.69) is 15.5 Å². The van der Waals surface area contributed by atoms with Crippen molar-refractivity contribution in [1.29, 1.82) is 0 Å². The monoisotopic (exact) mass is 581 g/mol. The summed E-state index contributed by atoms with van der Waals surface area (Å²) in [6.45, 7) is 1.45. The Hall–Kier alpha value is -2.70. The molecule has 0 spiro atoms. The van der Waals surface area contributed by atoms with Gasteiger partial charge in [-0.25, -0.2) is 0 Å². The fraction of sp³-hybridized carbons (Fsp3) is 0.0800. The molecule has 4 rings (SSSR count). The molecule has 0 aromatic heterocycles. The molecule has 0 heterocycles. The number of rotatable bonds is 6. The third-order valence-electron chi connectivity index (χ3n) is 5.43. The molecule has 9 nitrogen and oxygen atoms in total. The molecular weight excluding hydrogens is 564 g/mol. The van der Waals surface area contributed by atoms with E-state index in [9.17, 15) is 22.9 Å². The second-order valence-electron chi connectivity index (χ2n) is 7.84. The molecule has 2 N–H and O–H groups in total. The van der Waals surface area contributed by atoms with Gasteiger partial charge in [0.1, 0.15) is 16.5 Å². The largest absolute Gasteiger partial charge is 1.00 e. The van der Waals surface area contributed by atoms with Gasteiger partial charge in [-0.3, -0.25) is 9.35 Å². The number of azo groups is 1. The van der Waals surface area contributed by atoms with Crippen LogP contribution in [-0.2, 0) is 10.1 Å². The van der Waals surface area contributed by atoms with Gasteiger partial charge < -0.3 is 15.2 Å². The van der Waals surface area contributed by atoms with E-state index >= 15 is 0 Å². The van der Waals surface area contributed by atoms with Gasteiger partial charge in [-0.1, -0.05) is 59.3 Å². The first-order chi connectivity index (χ1) is 17.5. The Labute approximate surface area is 250 Å². The van der Waals surface area contributed by atoms with Crippen molar-refractivity contribution in [2.75, 3.05) is 12.4 Å². The van der Waals surface area contributed by atoms with Crippen molar-refractivity contribution < 1.29 is 57.2 Å². The van der Waals surface area contributed by atoms with Gasteiger partial charge in [0.15, 0.2) is 0 Å². The Morgan fingerprint density at radius 3 is 2.45 bits per heavy atom. The van der Waals surface area contributed by atoms with Crippen molar-refractivity contribution in [2.24, 2.45) is 10.2 Å². The number of anilines is 1. The van der Waals surface area contributed by atoms with E-state index in [1.54, 1.807) is 42.5 Å². The number of aryl methyl sites for hydroxylation is 1. The molecule has 4 aromatic carbocycles. The van der Waals surface area contributed by atoms with Crippen LogP contribution in [0, 0.1) is 6.92 Å². The number of fused-ring (bicyclic) bond motifs is 1. The third-order valence-corrected chi connectivity index (χ3v) is 7.12. The fourth-order valence-electron chi connectivity index (χ4n) is 3.64. The van der Waals surface area contributed by atoms with Crippen LogP contribution >= 0.6 is 23.2 Å². The van der Waals surface area contributed by atoms with Crippen molar-refractivity contribution in [1.82, 2.24) is 0 Å². The van der Waals surface area contributed by atoms with Crippen LogP contribution < -0.4 is 44.7 Å². The summed E-state index contributed by atoms with van der Waals surface area (Å²) in [5, 5.41) is 25.2. The van der Waals surface area contributed by atoms with Crippen molar-refractivity contribution in [3.05, 3.63) is 81.8 Å². The topological polar surface area (TPSA) is 140 Å². The van der Waals surface area contributed by atoms with Crippen molar-refractivity contribution >= 4 is 67.1 Å². The Morgan fingerprint density at radius 2 is 1.76 bits per heavy atom. The molecule has 0 atom stereocenters. The van der Waals surface area contributed by atoms with E-state index in [-0.39, 0.29) is 72.7 Å². The van der Waals surface area contributed by atoms with Crippen LogP contribution in [0.4, 0.5) is 17.1 Å². The Balaban J connectivity index is 0.00000400. The number of carbonyl (C=O) groups excluding carboxylic acids is 1. The molecule has 0 aliphatic rings. The average Bonchev–Trinajstić information content (AvgIpc) is 2.85. The molecule has 4 aromatic rings. The minimum absolute atomic E-state index is 0. The quantitative estimate of drug-likeness (QED) is 0.203. The molecule has 1 amide bonds. The molecule has 13 heteroatoms. The maximum Gasteiger partial charge on any atom is 1.00 e. The predicted molar refractivity (Wildman–Crippen MR) is 140 cm³/mol. The zero-order valence-electron chi connectivity index (χ0n) is 20.3. The molecule has 190 valence electrons. The summed E-state index contributed by atoms with van der Waals surface area (Å²) in [6, 6.07) is 15.4. The van der Waals surface area contributed by atoms with Crippen LogP contribution in [0.1, 0.15) is 15.9 Å². The number of carbonyl (C=O) groups is 1. The van der Waals surface area contributed by atoms with Crippen molar-refractivity contribution in [2.45, 2.75) is 11.8 Å². The maximum absolute atomic E-state index is 13.4. The van der Waals surface area contributed by atoms with Crippen molar-refractivity contribution in [3.8, 4) is 11.5 Å². The van der Waals surface area contributed by atoms with Crippen LogP contribution in [-0.4, -0.2) is 26.0 Å². The number of amides is 1. The van der Waals surface area contributed by atoms with Gasteiger partial charge in [-0.2, -0.15) is 13.5 Å². The summed E-state index contributed by atoms with van der Waals surface area (Å²) in [6.07, 6.45) is 0. The minimum atomic E-state index is -4.49. The first kappa shape index (κ1) is 29.9. The third kappa shape index (κ3) is 6.13. The molecule has 0 fully saturated rings. The average molecular weight is 582 g/mol. The van der Waals surface area contributed by atoms with Crippen molar-refractivity contribution in [3.63, 3.8) is 0 Å². The van der Waals surface area contributed by atoms with Gasteiger partial charge in [0.25, 0.3) is 16.0 Å². The zero-order chi connectivity index (χ0) is 26.9. The molecule has 0 aliphatic carbocycles. The Bertz CT molecular complexity index is 1700. The molecule has 38 heavy (non-hydrogen) atoms.